The Balaban J connectivity index is 0.000000342. The van der Waals surface area contributed by atoms with Crippen molar-refractivity contribution in [2.45, 2.75) is 25.3 Å². The van der Waals surface area contributed by atoms with E-state index in [2.05, 4.69) is 4.98 Å². The Morgan fingerprint density at radius 2 is 1.79 bits per heavy atom. The summed E-state index contributed by atoms with van der Waals surface area (Å²) in [6.07, 6.45) is 5.06. The molecular formula is C12H19N3O4. The third kappa shape index (κ3) is 8.70. The number of carboxylic acid groups (broad SMARTS) is 2. The normalized spacial score (nSPS) is 11.1. The number of nitrogens with two attached hydrogens (primary N) is 2. The van der Waals surface area contributed by atoms with Gasteiger partial charge in [0.2, 0.25) is 0 Å². The van der Waals surface area contributed by atoms with Crippen molar-refractivity contribution in [3.8, 4) is 0 Å². The summed E-state index contributed by atoms with van der Waals surface area (Å²) in [6.45, 7) is 0.604. The Morgan fingerprint density at radius 1 is 1.21 bits per heavy atom. The van der Waals surface area contributed by atoms with Crippen LogP contribution in [0.3, 0.4) is 0 Å². The molecule has 7 heteroatoms. The molecular weight excluding hydrogens is 250 g/mol. The first-order valence-electron chi connectivity index (χ1n) is 5.80. The Kier molecular flexibility index (Phi) is 8.94. The molecule has 0 spiro atoms. The van der Waals surface area contributed by atoms with E-state index in [4.69, 9.17) is 21.7 Å². The molecule has 6 N–H and O–H groups in total. The van der Waals surface area contributed by atoms with Gasteiger partial charge >= 0.3 is 11.9 Å². The number of carboxylic acids is 2. The van der Waals surface area contributed by atoms with Gasteiger partial charge in [-0.3, -0.25) is 9.78 Å². The number of aromatic nitrogens is 1. The summed E-state index contributed by atoms with van der Waals surface area (Å²) in [4.78, 5) is 24.0. The van der Waals surface area contributed by atoms with Crippen molar-refractivity contribution in [2.24, 2.45) is 11.5 Å². The van der Waals surface area contributed by atoms with Crippen molar-refractivity contribution in [1.82, 2.24) is 4.98 Å². The highest BCUT2D eigenvalue weighted by Gasteiger charge is 2.09. The summed E-state index contributed by atoms with van der Waals surface area (Å²) >= 11 is 0. The molecule has 1 rings (SSSR count). The van der Waals surface area contributed by atoms with E-state index in [1.165, 1.54) is 24.5 Å². The fraction of sp³-hybridized carbons (Fsp3) is 0.417. The smallest absolute Gasteiger partial charge is 0.335 e. The molecule has 1 atom stereocenters. The van der Waals surface area contributed by atoms with Gasteiger partial charge in [0, 0.05) is 12.4 Å². The molecule has 0 amide bonds. The average molecular weight is 269 g/mol. The minimum Gasteiger partial charge on any atom is -0.480 e. The summed E-state index contributed by atoms with van der Waals surface area (Å²) in [5.74, 6) is -1.85. The second-order valence-electron chi connectivity index (χ2n) is 3.77. The lowest BCUT2D eigenvalue weighted by Crippen LogP contribution is -2.29. The van der Waals surface area contributed by atoms with Crippen LogP contribution in [0.2, 0.25) is 0 Å². The molecule has 19 heavy (non-hydrogen) atoms. The predicted octanol–water partition coefficient (Wildman–Crippen LogP) is 0.307. The van der Waals surface area contributed by atoms with Gasteiger partial charge in [-0.25, -0.2) is 4.79 Å². The topological polar surface area (TPSA) is 140 Å². The van der Waals surface area contributed by atoms with Crippen molar-refractivity contribution >= 4 is 11.9 Å². The number of aliphatic carboxylic acids is 1. The second kappa shape index (κ2) is 9.98. The zero-order chi connectivity index (χ0) is 14.7. The van der Waals surface area contributed by atoms with Crippen LogP contribution in [0.5, 0.6) is 0 Å². The standard InChI is InChI=1S/C6H14N2O2.C6H5NO2/c7-4-2-1-3-5(8)6(9)10;8-6(9)5-1-3-7-4-2-5/h5H,1-4,7-8H2,(H,9,10);1-4H,(H,8,9)/t5-;/m0./s1. The first-order chi connectivity index (χ1) is 8.99. The molecule has 0 radical (unpaired) electrons. The quantitative estimate of drug-likeness (QED) is 0.545. The van der Waals surface area contributed by atoms with E-state index in [-0.39, 0.29) is 5.56 Å². The average Bonchev–Trinajstić information content (AvgIpc) is 2.40. The highest BCUT2D eigenvalue weighted by atomic mass is 16.4. The van der Waals surface area contributed by atoms with E-state index < -0.39 is 18.0 Å². The Hall–Kier alpha value is -1.99. The van der Waals surface area contributed by atoms with Gasteiger partial charge in [0.15, 0.2) is 0 Å². The maximum Gasteiger partial charge on any atom is 0.335 e. The summed E-state index contributed by atoms with van der Waals surface area (Å²) in [5.41, 5.74) is 10.7. The van der Waals surface area contributed by atoms with Crippen LogP contribution in [0, 0.1) is 0 Å². The molecule has 7 nitrogen and oxygen atoms in total. The molecule has 0 aliphatic heterocycles. The molecule has 1 aromatic heterocycles. The fourth-order valence-corrected chi connectivity index (χ4v) is 1.13. The van der Waals surface area contributed by atoms with Crippen molar-refractivity contribution < 1.29 is 19.8 Å². The minimum atomic E-state index is -0.933. The number of unbranched alkanes of at least 4 members (excludes halogenated alkanes) is 1. The van der Waals surface area contributed by atoms with E-state index in [9.17, 15) is 9.59 Å². The number of hydrogen-bond acceptors (Lipinski definition) is 5. The van der Waals surface area contributed by atoms with Gasteiger partial charge in [-0.15, -0.1) is 0 Å². The van der Waals surface area contributed by atoms with Crippen molar-refractivity contribution in [3.63, 3.8) is 0 Å². The van der Waals surface area contributed by atoms with E-state index in [0.717, 1.165) is 12.8 Å². The maximum atomic E-state index is 10.2. The zero-order valence-corrected chi connectivity index (χ0v) is 10.5. The summed E-state index contributed by atoms with van der Waals surface area (Å²) in [5, 5.41) is 16.7. The zero-order valence-electron chi connectivity index (χ0n) is 10.5. The number of nitrogens with zero attached hydrogens (tertiary/aromatic N) is 1. The molecule has 0 saturated heterocycles. The Labute approximate surface area is 111 Å². The van der Waals surface area contributed by atoms with Gasteiger partial charge < -0.3 is 21.7 Å². The number of aromatic carboxylic acids is 1. The van der Waals surface area contributed by atoms with Crippen LogP contribution in [0.25, 0.3) is 0 Å². The monoisotopic (exact) mass is 269 g/mol. The lowest BCUT2D eigenvalue weighted by atomic mass is 10.1. The van der Waals surface area contributed by atoms with E-state index >= 15 is 0 Å². The van der Waals surface area contributed by atoms with Crippen LogP contribution >= 0.6 is 0 Å². The minimum absolute atomic E-state index is 0.269. The van der Waals surface area contributed by atoms with Crippen molar-refractivity contribution in [1.29, 1.82) is 0 Å². The van der Waals surface area contributed by atoms with Gasteiger partial charge in [-0.05, 0) is 31.5 Å². The Morgan fingerprint density at radius 3 is 2.16 bits per heavy atom. The number of rotatable bonds is 6. The molecule has 1 heterocycles. The molecule has 0 aliphatic carbocycles. The summed E-state index contributed by atoms with van der Waals surface area (Å²) in [6, 6.07) is 2.18. The first kappa shape index (κ1) is 17.0. The molecule has 0 fully saturated rings. The number of pyridine rings is 1. The van der Waals surface area contributed by atoms with Gasteiger partial charge in [0.25, 0.3) is 0 Å². The fourth-order valence-electron chi connectivity index (χ4n) is 1.13. The third-order valence-corrected chi connectivity index (χ3v) is 2.21. The van der Waals surface area contributed by atoms with Gasteiger partial charge in [0.1, 0.15) is 6.04 Å². The largest absolute Gasteiger partial charge is 0.480 e. The molecule has 0 saturated carbocycles. The van der Waals surface area contributed by atoms with Gasteiger partial charge in [-0.1, -0.05) is 6.42 Å². The van der Waals surface area contributed by atoms with Crippen LogP contribution < -0.4 is 11.5 Å². The first-order valence-corrected chi connectivity index (χ1v) is 5.80. The Bertz CT molecular complexity index is 384. The molecule has 0 bridgehead atoms. The maximum absolute atomic E-state index is 10.2. The van der Waals surface area contributed by atoms with Crippen LogP contribution in [-0.4, -0.2) is 39.7 Å². The summed E-state index contributed by atoms with van der Waals surface area (Å²) < 4.78 is 0. The lowest BCUT2D eigenvalue weighted by molar-refractivity contribution is -0.138. The van der Waals surface area contributed by atoms with Crippen LogP contribution in [-0.2, 0) is 4.79 Å². The van der Waals surface area contributed by atoms with E-state index in [1.54, 1.807) is 0 Å². The molecule has 1 aromatic rings. The number of carbonyl (C=O) groups is 2. The van der Waals surface area contributed by atoms with Crippen LogP contribution in [0.1, 0.15) is 29.6 Å². The van der Waals surface area contributed by atoms with Gasteiger partial charge in [-0.2, -0.15) is 0 Å². The van der Waals surface area contributed by atoms with E-state index in [1.807, 2.05) is 0 Å². The van der Waals surface area contributed by atoms with Crippen molar-refractivity contribution in [2.75, 3.05) is 6.54 Å². The number of hydrogen-bond donors (Lipinski definition) is 4. The molecule has 0 aromatic carbocycles. The third-order valence-electron chi connectivity index (χ3n) is 2.21. The highest BCUT2D eigenvalue weighted by molar-refractivity contribution is 5.87. The molecule has 0 unspecified atom stereocenters. The van der Waals surface area contributed by atoms with Crippen LogP contribution in [0.4, 0.5) is 0 Å². The van der Waals surface area contributed by atoms with Crippen LogP contribution in [0.15, 0.2) is 24.5 Å². The van der Waals surface area contributed by atoms with E-state index in [0.29, 0.717) is 13.0 Å². The second-order valence-corrected chi connectivity index (χ2v) is 3.77. The summed E-state index contributed by atoms with van der Waals surface area (Å²) in [7, 11) is 0. The predicted molar refractivity (Wildman–Crippen MR) is 69.7 cm³/mol. The van der Waals surface area contributed by atoms with Gasteiger partial charge in [0.05, 0.1) is 5.56 Å². The molecule has 0 aliphatic rings. The van der Waals surface area contributed by atoms with Crippen molar-refractivity contribution in [3.05, 3.63) is 30.1 Å². The SMILES string of the molecule is NCCCC[C@H](N)C(=O)O.O=C(O)c1ccncc1. The molecule has 106 valence electrons. The lowest BCUT2D eigenvalue weighted by Gasteiger charge is -2.03. The highest BCUT2D eigenvalue weighted by Crippen LogP contribution is 1.97.